The highest BCUT2D eigenvalue weighted by Crippen LogP contribution is 2.27. The monoisotopic (exact) mass is 301 g/mol. The molecule has 2 nitrogen and oxygen atoms in total. The molecule has 0 N–H and O–H groups in total. The van der Waals surface area contributed by atoms with Crippen LogP contribution in [0.1, 0.15) is 43.0 Å². The summed E-state index contributed by atoms with van der Waals surface area (Å²) >= 11 is 4.98. The predicted molar refractivity (Wildman–Crippen MR) is 71.0 cm³/mol. The minimum absolute atomic E-state index is 0.191. The third-order valence-electron chi connectivity index (χ3n) is 3.18. The first kappa shape index (κ1) is 12.1. The van der Waals surface area contributed by atoms with Crippen molar-refractivity contribution in [3.63, 3.8) is 0 Å². The lowest BCUT2D eigenvalue weighted by molar-refractivity contribution is 0.0694. The average molecular weight is 302 g/mol. The Balaban J connectivity index is 2.11. The third kappa shape index (κ3) is 2.48. The van der Waals surface area contributed by atoms with E-state index >= 15 is 0 Å². The van der Waals surface area contributed by atoms with Crippen LogP contribution in [-0.4, -0.2) is 23.4 Å². The third-order valence-corrected chi connectivity index (χ3v) is 4.69. The molecule has 0 atom stereocenters. The zero-order valence-electron chi connectivity index (χ0n) is 9.41. The molecule has 1 amide bonds. The first-order valence-corrected chi connectivity index (χ1v) is 7.44. The second-order valence-corrected chi connectivity index (χ2v) is 6.46. The van der Waals surface area contributed by atoms with Gasteiger partial charge < -0.3 is 4.90 Å². The summed E-state index contributed by atoms with van der Waals surface area (Å²) in [5.74, 6) is 0.191. The first-order valence-electron chi connectivity index (χ1n) is 5.77. The molecule has 0 spiro atoms. The molecule has 1 aliphatic rings. The van der Waals surface area contributed by atoms with Crippen LogP contribution in [0.3, 0.4) is 0 Å². The van der Waals surface area contributed by atoms with Gasteiger partial charge in [0.05, 0.1) is 9.35 Å². The Hall–Kier alpha value is -0.350. The van der Waals surface area contributed by atoms with Crippen molar-refractivity contribution in [2.75, 3.05) is 6.54 Å². The van der Waals surface area contributed by atoms with E-state index in [-0.39, 0.29) is 5.91 Å². The molecule has 1 heterocycles. The Kier molecular flexibility index (Phi) is 4.03. The summed E-state index contributed by atoms with van der Waals surface area (Å²) in [6.07, 6.45) is 4.87. The zero-order valence-corrected chi connectivity index (χ0v) is 11.8. The lowest BCUT2D eigenvalue weighted by Crippen LogP contribution is -2.38. The Morgan fingerprint density at radius 1 is 1.56 bits per heavy atom. The maximum absolute atomic E-state index is 12.3. The van der Waals surface area contributed by atoms with Gasteiger partial charge >= 0.3 is 0 Å². The van der Waals surface area contributed by atoms with E-state index in [1.807, 2.05) is 16.3 Å². The Morgan fingerprint density at radius 2 is 2.25 bits per heavy atom. The van der Waals surface area contributed by atoms with Crippen molar-refractivity contribution in [2.45, 2.75) is 38.6 Å². The van der Waals surface area contributed by atoms with Gasteiger partial charge in [-0.3, -0.25) is 4.79 Å². The van der Waals surface area contributed by atoms with Crippen molar-refractivity contribution in [3.05, 3.63) is 20.8 Å². The van der Waals surface area contributed by atoms with E-state index in [9.17, 15) is 4.79 Å². The average Bonchev–Trinajstić information content (AvgIpc) is 2.90. The number of hydrogen-bond donors (Lipinski definition) is 0. The van der Waals surface area contributed by atoms with Crippen molar-refractivity contribution in [1.29, 1.82) is 0 Å². The van der Waals surface area contributed by atoms with Crippen LogP contribution in [0.4, 0.5) is 0 Å². The van der Waals surface area contributed by atoms with Crippen molar-refractivity contribution in [3.8, 4) is 0 Å². The van der Waals surface area contributed by atoms with E-state index in [1.165, 1.54) is 25.7 Å². The van der Waals surface area contributed by atoms with E-state index in [4.69, 9.17) is 0 Å². The molecule has 1 aromatic heterocycles. The maximum Gasteiger partial charge on any atom is 0.254 e. The molecule has 1 aromatic rings. The van der Waals surface area contributed by atoms with Gasteiger partial charge in [0.25, 0.3) is 5.91 Å². The second-order valence-electron chi connectivity index (χ2n) is 4.17. The Labute approximate surface area is 109 Å². The summed E-state index contributed by atoms with van der Waals surface area (Å²) in [4.78, 5) is 14.3. The summed E-state index contributed by atoms with van der Waals surface area (Å²) in [6.45, 7) is 2.88. The molecular formula is C12H16BrNOS. The van der Waals surface area contributed by atoms with E-state index in [0.29, 0.717) is 6.04 Å². The van der Waals surface area contributed by atoms with Crippen LogP contribution in [-0.2, 0) is 0 Å². The fraction of sp³-hybridized carbons (Fsp3) is 0.583. The summed E-state index contributed by atoms with van der Waals surface area (Å²) in [5.41, 5.74) is 0.825. The van der Waals surface area contributed by atoms with Crippen molar-refractivity contribution in [1.82, 2.24) is 4.90 Å². The fourth-order valence-electron chi connectivity index (χ4n) is 2.37. The minimum Gasteiger partial charge on any atom is -0.336 e. The molecule has 1 aliphatic carbocycles. The highest BCUT2D eigenvalue weighted by atomic mass is 79.9. The van der Waals surface area contributed by atoms with E-state index in [1.54, 1.807) is 11.3 Å². The topological polar surface area (TPSA) is 20.3 Å². The lowest BCUT2D eigenvalue weighted by Gasteiger charge is -2.27. The van der Waals surface area contributed by atoms with Crippen LogP contribution in [0, 0.1) is 0 Å². The number of hydrogen-bond acceptors (Lipinski definition) is 2. The number of nitrogens with zero attached hydrogens (tertiary/aromatic N) is 1. The molecule has 1 fully saturated rings. The molecular weight excluding hydrogens is 286 g/mol. The van der Waals surface area contributed by atoms with Gasteiger partial charge in [0.2, 0.25) is 0 Å². The van der Waals surface area contributed by atoms with Crippen LogP contribution in [0.5, 0.6) is 0 Å². The molecule has 0 unspecified atom stereocenters. The first-order chi connectivity index (χ1) is 7.72. The normalized spacial score (nSPS) is 16.6. The molecule has 0 aliphatic heterocycles. The smallest absolute Gasteiger partial charge is 0.254 e. The minimum atomic E-state index is 0.191. The zero-order chi connectivity index (χ0) is 11.5. The van der Waals surface area contributed by atoms with Gasteiger partial charge in [-0.2, -0.15) is 0 Å². The molecule has 0 bridgehead atoms. The predicted octanol–water partition coefficient (Wildman–Crippen LogP) is 3.92. The van der Waals surface area contributed by atoms with Gasteiger partial charge in [-0.1, -0.05) is 12.8 Å². The standard InChI is InChI=1S/C12H16BrNOS/c1-2-14(10-5-3-4-6-10)12(15)9-7-11(13)16-8-9/h7-8,10H,2-6H2,1H3. The summed E-state index contributed by atoms with van der Waals surface area (Å²) < 4.78 is 1.03. The molecule has 16 heavy (non-hydrogen) atoms. The number of rotatable bonds is 3. The van der Waals surface area contributed by atoms with Gasteiger partial charge in [-0.15, -0.1) is 11.3 Å². The largest absolute Gasteiger partial charge is 0.336 e. The molecule has 2 rings (SSSR count). The molecule has 4 heteroatoms. The van der Waals surface area contributed by atoms with Gasteiger partial charge in [-0.25, -0.2) is 0 Å². The summed E-state index contributed by atoms with van der Waals surface area (Å²) in [7, 11) is 0. The quantitative estimate of drug-likeness (QED) is 0.829. The second kappa shape index (κ2) is 5.32. The molecule has 0 radical (unpaired) electrons. The van der Waals surface area contributed by atoms with Crippen molar-refractivity contribution < 1.29 is 4.79 Å². The maximum atomic E-state index is 12.3. The van der Waals surface area contributed by atoms with E-state index in [0.717, 1.165) is 15.9 Å². The van der Waals surface area contributed by atoms with Crippen LogP contribution < -0.4 is 0 Å². The molecule has 88 valence electrons. The van der Waals surface area contributed by atoms with Crippen LogP contribution in [0.15, 0.2) is 15.2 Å². The van der Waals surface area contributed by atoms with Crippen molar-refractivity contribution in [2.24, 2.45) is 0 Å². The Morgan fingerprint density at radius 3 is 2.75 bits per heavy atom. The molecule has 1 saturated carbocycles. The van der Waals surface area contributed by atoms with E-state index in [2.05, 4.69) is 22.9 Å². The van der Waals surface area contributed by atoms with Gasteiger partial charge in [0.1, 0.15) is 0 Å². The number of amides is 1. The number of halogens is 1. The number of carbonyl (C=O) groups is 1. The van der Waals surface area contributed by atoms with Crippen LogP contribution in [0.25, 0.3) is 0 Å². The summed E-state index contributed by atoms with van der Waals surface area (Å²) in [5, 5.41) is 1.93. The SMILES string of the molecule is CCN(C(=O)c1csc(Br)c1)C1CCCC1. The number of carbonyl (C=O) groups excluding carboxylic acids is 1. The van der Waals surface area contributed by atoms with Gasteiger partial charge in [-0.05, 0) is 41.8 Å². The van der Waals surface area contributed by atoms with Crippen molar-refractivity contribution >= 4 is 33.2 Å². The highest BCUT2D eigenvalue weighted by Gasteiger charge is 2.26. The lowest BCUT2D eigenvalue weighted by atomic mass is 10.2. The highest BCUT2D eigenvalue weighted by molar-refractivity contribution is 9.11. The van der Waals surface area contributed by atoms with Crippen LogP contribution in [0.2, 0.25) is 0 Å². The van der Waals surface area contributed by atoms with Crippen LogP contribution >= 0.6 is 27.3 Å². The summed E-state index contributed by atoms with van der Waals surface area (Å²) in [6, 6.07) is 2.39. The van der Waals surface area contributed by atoms with E-state index < -0.39 is 0 Å². The van der Waals surface area contributed by atoms with Gasteiger partial charge in [0.15, 0.2) is 0 Å². The fourth-order valence-corrected chi connectivity index (χ4v) is 3.50. The Bertz CT molecular complexity index is 371. The van der Waals surface area contributed by atoms with Gasteiger partial charge in [0, 0.05) is 18.0 Å². The molecule has 0 saturated heterocycles. The number of thiophene rings is 1. The molecule has 0 aromatic carbocycles.